The van der Waals surface area contributed by atoms with Gasteiger partial charge in [0, 0.05) is 22.8 Å². The van der Waals surface area contributed by atoms with Crippen LogP contribution in [0.5, 0.6) is 5.75 Å². The quantitative estimate of drug-likeness (QED) is 0.660. The van der Waals surface area contributed by atoms with E-state index < -0.39 is 17.8 Å². The summed E-state index contributed by atoms with van der Waals surface area (Å²) in [6, 6.07) is 10.7. The van der Waals surface area contributed by atoms with Gasteiger partial charge in [-0.05, 0) is 37.3 Å². The van der Waals surface area contributed by atoms with E-state index >= 15 is 0 Å². The number of methoxy groups -OCH3 is 1. The van der Waals surface area contributed by atoms with Crippen LogP contribution in [0.1, 0.15) is 11.3 Å². The first-order valence-electron chi connectivity index (χ1n) is 7.97. The molecule has 1 aromatic heterocycles. The lowest BCUT2D eigenvalue weighted by atomic mass is 10.1. The number of urea groups is 1. The van der Waals surface area contributed by atoms with Crippen LogP contribution in [0.2, 0.25) is 0 Å². The maximum absolute atomic E-state index is 13.0. The Kier molecular flexibility index (Phi) is 4.89. The lowest BCUT2D eigenvalue weighted by molar-refractivity contribution is -0.136. The summed E-state index contributed by atoms with van der Waals surface area (Å²) in [6.07, 6.45) is -4.57. The lowest BCUT2D eigenvalue weighted by Gasteiger charge is -2.14. The minimum Gasteiger partial charge on any atom is -0.496 e. The zero-order valence-electron chi connectivity index (χ0n) is 14.5. The van der Waals surface area contributed by atoms with E-state index in [1.165, 1.54) is 25.3 Å². The van der Waals surface area contributed by atoms with Gasteiger partial charge in [-0.1, -0.05) is 12.1 Å². The van der Waals surface area contributed by atoms with Crippen LogP contribution in [0, 0.1) is 6.92 Å². The smallest absolute Gasteiger partial charge is 0.418 e. The van der Waals surface area contributed by atoms with Crippen LogP contribution in [0.3, 0.4) is 0 Å². The lowest BCUT2D eigenvalue weighted by Crippen LogP contribution is -2.21. The Bertz CT molecular complexity index is 1000. The van der Waals surface area contributed by atoms with Gasteiger partial charge in [0.1, 0.15) is 5.75 Å². The predicted molar refractivity (Wildman–Crippen MR) is 97.1 cm³/mol. The number of pyridine rings is 1. The van der Waals surface area contributed by atoms with E-state index in [0.717, 1.165) is 11.8 Å². The average molecular weight is 375 g/mol. The molecule has 2 N–H and O–H groups in total. The Hall–Kier alpha value is -3.29. The Morgan fingerprint density at radius 2 is 1.81 bits per heavy atom. The number of anilines is 2. The van der Waals surface area contributed by atoms with Gasteiger partial charge in [-0.25, -0.2) is 4.79 Å². The molecule has 0 bridgehead atoms. The first-order chi connectivity index (χ1) is 12.8. The molecule has 3 aromatic rings. The summed E-state index contributed by atoms with van der Waals surface area (Å²) in [6.45, 7) is 1.83. The summed E-state index contributed by atoms with van der Waals surface area (Å²) < 4.78 is 44.4. The van der Waals surface area contributed by atoms with E-state index in [1.54, 1.807) is 24.3 Å². The van der Waals surface area contributed by atoms with Crippen LogP contribution in [-0.2, 0) is 6.18 Å². The average Bonchev–Trinajstić information content (AvgIpc) is 2.60. The van der Waals surface area contributed by atoms with Crippen molar-refractivity contribution >= 4 is 28.3 Å². The van der Waals surface area contributed by atoms with Gasteiger partial charge in [0.25, 0.3) is 0 Å². The number of rotatable bonds is 3. The van der Waals surface area contributed by atoms with Crippen molar-refractivity contribution in [2.24, 2.45) is 0 Å². The van der Waals surface area contributed by atoms with Gasteiger partial charge in [0.05, 0.1) is 23.9 Å². The van der Waals surface area contributed by atoms with Crippen molar-refractivity contribution in [3.05, 3.63) is 59.8 Å². The summed E-state index contributed by atoms with van der Waals surface area (Å²) in [5.74, 6) is 0.587. The van der Waals surface area contributed by atoms with Crippen LogP contribution in [0.25, 0.3) is 10.9 Å². The monoisotopic (exact) mass is 375 g/mol. The number of carbonyl (C=O) groups excluding carboxylic acids is 1. The second kappa shape index (κ2) is 7.14. The minimum atomic E-state index is -4.57. The molecule has 1 heterocycles. The number of para-hydroxylation sites is 1. The largest absolute Gasteiger partial charge is 0.496 e. The molecule has 2 aromatic carbocycles. The highest BCUT2D eigenvalue weighted by Gasteiger charge is 2.33. The van der Waals surface area contributed by atoms with Gasteiger partial charge < -0.3 is 15.4 Å². The maximum atomic E-state index is 13.0. The fraction of sp³-hybridized carbons (Fsp3) is 0.158. The molecular weight excluding hydrogens is 359 g/mol. The van der Waals surface area contributed by atoms with Crippen molar-refractivity contribution in [1.82, 2.24) is 4.98 Å². The number of benzene rings is 2. The molecule has 0 fully saturated rings. The van der Waals surface area contributed by atoms with Crippen LogP contribution >= 0.6 is 0 Å². The highest BCUT2D eigenvalue weighted by atomic mass is 19.4. The first kappa shape index (κ1) is 18.5. The number of nitrogens with zero attached hydrogens (tertiary/aromatic N) is 1. The molecule has 0 unspecified atom stereocenters. The van der Waals surface area contributed by atoms with Gasteiger partial charge >= 0.3 is 12.2 Å². The van der Waals surface area contributed by atoms with E-state index in [4.69, 9.17) is 4.74 Å². The third kappa shape index (κ3) is 4.11. The molecule has 5 nitrogen and oxygen atoms in total. The maximum Gasteiger partial charge on any atom is 0.418 e. The molecule has 3 rings (SSSR count). The van der Waals surface area contributed by atoms with Crippen molar-refractivity contribution < 1.29 is 22.7 Å². The number of nitrogens with one attached hydrogen (secondary N) is 2. The Morgan fingerprint density at radius 3 is 2.52 bits per heavy atom. The normalized spacial score (nSPS) is 11.3. The molecule has 0 atom stereocenters. The van der Waals surface area contributed by atoms with Gasteiger partial charge in [-0.2, -0.15) is 13.2 Å². The number of aryl methyl sites for hydroxylation is 1. The standard InChI is InChI=1S/C19H16F3N3O2/c1-11-9-17(27-2)13-10-12(7-8-15(13)23-11)24-18(26)25-16-6-4-3-5-14(16)19(20,21)22/h3-10H,1-2H3,(H2,24,25,26). The molecule has 2 amide bonds. The number of amides is 2. The topological polar surface area (TPSA) is 63.2 Å². The van der Waals surface area contributed by atoms with Crippen LogP contribution < -0.4 is 15.4 Å². The van der Waals surface area contributed by atoms with Crippen molar-refractivity contribution in [3.63, 3.8) is 0 Å². The Morgan fingerprint density at radius 1 is 1.07 bits per heavy atom. The van der Waals surface area contributed by atoms with Crippen LogP contribution in [-0.4, -0.2) is 18.1 Å². The predicted octanol–water partition coefficient (Wildman–Crippen LogP) is 5.21. The van der Waals surface area contributed by atoms with E-state index in [2.05, 4.69) is 15.6 Å². The van der Waals surface area contributed by atoms with E-state index in [-0.39, 0.29) is 5.69 Å². The molecule has 0 spiro atoms. The number of alkyl halides is 3. The van der Waals surface area contributed by atoms with Gasteiger partial charge in [0.2, 0.25) is 0 Å². The molecule has 0 aliphatic carbocycles. The number of halogens is 3. The number of fused-ring (bicyclic) bond motifs is 1. The number of ether oxygens (including phenoxy) is 1. The second-order valence-electron chi connectivity index (χ2n) is 5.82. The zero-order valence-corrected chi connectivity index (χ0v) is 14.5. The number of aromatic nitrogens is 1. The van der Waals surface area contributed by atoms with Crippen molar-refractivity contribution in [2.45, 2.75) is 13.1 Å². The fourth-order valence-electron chi connectivity index (χ4n) is 2.69. The van der Waals surface area contributed by atoms with Crippen molar-refractivity contribution in [2.75, 3.05) is 17.7 Å². The van der Waals surface area contributed by atoms with Gasteiger partial charge in [0.15, 0.2) is 0 Å². The molecule has 0 saturated carbocycles. The summed E-state index contributed by atoms with van der Waals surface area (Å²) in [5, 5.41) is 5.44. The molecule has 0 aliphatic heterocycles. The summed E-state index contributed by atoms with van der Waals surface area (Å²) in [7, 11) is 1.52. The third-order valence-corrected chi connectivity index (χ3v) is 3.86. The summed E-state index contributed by atoms with van der Waals surface area (Å²) in [4.78, 5) is 16.5. The summed E-state index contributed by atoms with van der Waals surface area (Å²) >= 11 is 0. The Balaban J connectivity index is 1.84. The minimum absolute atomic E-state index is 0.321. The number of hydrogen-bond donors (Lipinski definition) is 2. The SMILES string of the molecule is COc1cc(C)nc2ccc(NC(=O)Nc3ccccc3C(F)(F)F)cc12. The molecule has 0 saturated heterocycles. The van der Waals surface area contributed by atoms with Gasteiger partial charge in [-0.15, -0.1) is 0 Å². The van der Waals surface area contributed by atoms with Crippen LogP contribution in [0.15, 0.2) is 48.5 Å². The molecule has 8 heteroatoms. The van der Waals surface area contributed by atoms with E-state index in [0.29, 0.717) is 22.3 Å². The van der Waals surface area contributed by atoms with E-state index in [1.807, 2.05) is 6.92 Å². The number of carbonyl (C=O) groups is 1. The molecule has 140 valence electrons. The zero-order chi connectivity index (χ0) is 19.6. The molecule has 0 aliphatic rings. The van der Waals surface area contributed by atoms with Gasteiger partial charge in [-0.3, -0.25) is 4.98 Å². The Labute approximate surface area is 153 Å². The molecule has 0 radical (unpaired) electrons. The highest BCUT2D eigenvalue weighted by molar-refractivity contribution is 6.01. The van der Waals surface area contributed by atoms with E-state index in [9.17, 15) is 18.0 Å². The van der Waals surface area contributed by atoms with Crippen molar-refractivity contribution in [3.8, 4) is 5.75 Å². The molecular formula is C19H16F3N3O2. The van der Waals surface area contributed by atoms with Crippen LogP contribution in [0.4, 0.5) is 29.3 Å². The fourth-order valence-corrected chi connectivity index (χ4v) is 2.69. The number of hydrogen-bond acceptors (Lipinski definition) is 3. The second-order valence-corrected chi connectivity index (χ2v) is 5.82. The molecule has 27 heavy (non-hydrogen) atoms. The first-order valence-corrected chi connectivity index (χ1v) is 7.97. The highest BCUT2D eigenvalue weighted by Crippen LogP contribution is 2.34. The third-order valence-electron chi connectivity index (χ3n) is 3.86. The van der Waals surface area contributed by atoms with Crippen molar-refractivity contribution in [1.29, 1.82) is 0 Å². The summed E-state index contributed by atoms with van der Waals surface area (Å²) in [5.41, 5.74) is 0.619.